The van der Waals surface area contributed by atoms with E-state index in [4.69, 9.17) is 5.73 Å². The van der Waals surface area contributed by atoms with Crippen LogP contribution in [0, 0.1) is 17.5 Å². The second-order valence-corrected chi connectivity index (χ2v) is 3.98. The van der Waals surface area contributed by atoms with Gasteiger partial charge < -0.3 is 15.8 Å². The molecular formula is C13H10F3N3O2. The van der Waals surface area contributed by atoms with Crippen molar-refractivity contribution in [1.82, 2.24) is 4.98 Å². The zero-order valence-corrected chi connectivity index (χ0v) is 10.8. The highest BCUT2D eigenvalue weighted by Gasteiger charge is 2.17. The van der Waals surface area contributed by atoms with Crippen LogP contribution in [0.25, 0.3) is 0 Å². The molecule has 1 aromatic carbocycles. The molecule has 0 radical (unpaired) electrons. The number of pyridine rings is 1. The van der Waals surface area contributed by atoms with Crippen molar-refractivity contribution in [1.29, 1.82) is 0 Å². The highest BCUT2D eigenvalue weighted by Crippen LogP contribution is 2.28. The number of nitrogens with one attached hydrogen (secondary N) is 1. The molecule has 3 N–H and O–H groups in total. The average molecular weight is 297 g/mol. The van der Waals surface area contributed by atoms with Gasteiger partial charge in [-0.2, -0.15) is 0 Å². The number of benzene rings is 1. The maximum Gasteiger partial charge on any atom is 0.340 e. The van der Waals surface area contributed by atoms with E-state index in [9.17, 15) is 18.0 Å². The van der Waals surface area contributed by atoms with E-state index in [1.54, 1.807) is 0 Å². The first-order valence-corrected chi connectivity index (χ1v) is 5.68. The first-order chi connectivity index (χ1) is 9.93. The van der Waals surface area contributed by atoms with Crippen molar-refractivity contribution in [3.8, 4) is 0 Å². The molecule has 0 aliphatic heterocycles. The summed E-state index contributed by atoms with van der Waals surface area (Å²) in [5.74, 6) is -4.24. The normalized spacial score (nSPS) is 10.3. The number of ether oxygens (including phenoxy) is 1. The van der Waals surface area contributed by atoms with Crippen molar-refractivity contribution < 1.29 is 22.7 Å². The van der Waals surface area contributed by atoms with E-state index >= 15 is 0 Å². The highest BCUT2D eigenvalue weighted by atomic mass is 19.1. The summed E-state index contributed by atoms with van der Waals surface area (Å²) in [5, 5.41) is 2.29. The second kappa shape index (κ2) is 5.70. The van der Waals surface area contributed by atoms with Gasteiger partial charge in [-0.3, -0.25) is 0 Å². The van der Waals surface area contributed by atoms with E-state index in [1.165, 1.54) is 12.3 Å². The van der Waals surface area contributed by atoms with Crippen molar-refractivity contribution in [2.45, 2.75) is 0 Å². The zero-order chi connectivity index (χ0) is 15.6. The Hall–Kier alpha value is -2.77. The number of rotatable bonds is 3. The lowest BCUT2D eigenvalue weighted by molar-refractivity contribution is 0.0602. The minimum absolute atomic E-state index is 0.0158. The molecule has 21 heavy (non-hydrogen) atoms. The molecule has 0 unspecified atom stereocenters. The molecule has 0 fully saturated rings. The number of hydrogen-bond acceptors (Lipinski definition) is 5. The number of carbonyl (C=O) groups excluding carboxylic acids is 1. The molecule has 2 rings (SSSR count). The number of hydrogen-bond donors (Lipinski definition) is 2. The van der Waals surface area contributed by atoms with Crippen LogP contribution in [0.2, 0.25) is 0 Å². The van der Waals surface area contributed by atoms with Crippen molar-refractivity contribution in [2.75, 3.05) is 18.2 Å². The largest absolute Gasteiger partial charge is 0.465 e. The van der Waals surface area contributed by atoms with Crippen LogP contribution in [0.1, 0.15) is 10.4 Å². The quantitative estimate of drug-likeness (QED) is 0.852. The second-order valence-electron chi connectivity index (χ2n) is 3.98. The fraction of sp³-hybridized carbons (Fsp3) is 0.0769. The molecule has 0 spiro atoms. The molecule has 8 heteroatoms. The van der Waals surface area contributed by atoms with E-state index < -0.39 is 29.1 Å². The maximum absolute atomic E-state index is 13.6. The lowest BCUT2D eigenvalue weighted by Crippen LogP contribution is -2.10. The lowest BCUT2D eigenvalue weighted by Gasteiger charge is -2.12. The Labute approximate surface area is 117 Å². The van der Waals surface area contributed by atoms with Gasteiger partial charge >= 0.3 is 5.97 Å². The van der Waals surface area contributed by atoms with E-state index in [0.29, 0.717) is 12.1 Å². The third-order valence-electron chi connectivity index (χ3n) is 2.65. The number of aromatic nitrogens is 1. The topological polar surface area (TPSA) is 77.2 Å². The van der Waals surface area contributed by atoms with Gasteiger partial charge in [0.1, 0.15) is 11.5 Å². The van der Waals surface area contributed by atoms with E-state index in [0.717, 1.165) is 7.11 Å². The molecule has 0 atom stereocenters. The van der Waals surface area contributed by atoms with E-state index in [1.807, 2.05) is 0 Å². The standard InChI is InChI=1S/C13H10F3N3O2/c1-21-13(20)7-2-3-18-12(10(7)17)19-11-8(15)4-6(14)5-9(11)16/h2-5H,17H2,1H3,(H,18,19). The monoisotopic (exact) mass is 297 g/mol. The molecule has 0 aliphatic rings. The van der Waals surface area contributed by atoms with Gasteiger partial charge in [-0.05, 0) is 6.07 Å². The Bertz CT molecular complexity index is 684. The van der Waals surface area contributed by atoms with E-state index in [-0.39, 0.29) is 17.1 Å². The van der Waals surface area contributed by atoms with Crippen LogP contribution in [0.5, 0.6) is 0 Å². The smallest absolute Gasteiger partial charge is 0.340 e. The van der Waals surface area contributed by atoms with Gasteiger partial charge in [0.25, 0.3) is 0 Å². The molecule has 1 aromatic heterocycles. The van der Waals surface area contributed by atoms with Crippen LogP contribution in [0.3, 0.4) is 0 Å². The summed E-state index contributed by atoms with van der Waals surface area (Å²) >= 11 is 0. The fourth-order valence-corrected chi connectivity index (χ4v) is 1.64. The Morgan fingerprint density at radius 3 is 2.48 bits per heavy atom. The number of halogens is 3. The summed E-state index contributed by atoms with van der Waals surface area (Å²) < 4.78 is 44.4. The zero-order valence-electron chi connectivity index (χ0n) is 10.8. The minimum Gasteiger partial charge on any atom is -0.465 e. The molecule has 0 saturated heterocycles. The Morgan fingerprint density at radius 1 is 1.29 bits per heavy atom. The highest BCUT2D eigenvalue weighted by molar-refractivity contribution is 5.97. The maximum atomic E-state index is 13.6. The molecule has 0 bridgehead atoms. The Balaban J connectivity index is 2.44. The third kappa shape index (κ3) is 2.88. The number of esters is 1. The summed E-state index contributed by atoms with van der Waals surface area (Å²) in [6, 6.07) is 2.31. The first-order valence-electron chi connectivity index (χ1n) is 5.68. The van der Waals surface area contributed by atoms with Crippen LogP contribution >= 0.6 is 0 Å². The molecule has 0 amide bonds. The van der Waals surface area contributed by atoms with E-state index in [2.05, 4.69) is 15.0 Å². The molecule has 5 nitrogen and oxygen atoms in total. The van der Waals surface area contributed by atoms with Gasteiger partial charge in [0, 0.05) is 18.3 Å². The summed E-state index contributed by atoms with van der Waals surface area (Å²) in [4.78, 5) is 15.2. The summed E-state index contributed by atoms with van der Waals surface area (Å²) in [6.45, 7) is 0. The number of nitrogens with zero attached hydrogens (tertiary/aromatic N) is 1. The van der Waals surface area contributed by atoms with Crippen molar-refractivity contribution in [3.05, 3.63) is 47.4 Å². The van der Waals surface area contributed by atoms with Gasteiger partial charge in [-0.25, -0.2) is 22.9 Å². The SMILES string of the molecule is COC(=O)c1ccnc(Nc2c(F)cc(F)cc2F)c1N. The average Bonchev–Trinajstić information content (AvgIpc) is 2.43. The van der Waals surface area contributed by atoms with Gasteiger partial charge in [-0.1, -0.05) is 0 Å². The molecule has 110 valence electrons. The number of anilines is 3. The predicted octanol–water partition coefficient (Wildman–Crippen LogP) is 2.61. The third-order valence-corrected chi connectivity index (χ3v) is 2.65. The molecule has 0 aliphatic carbocycles. The minimum atomic E-state index is -1.16. The lowest BCUT2D eigenvalue weighted by atomic mass is 10.2. The molecule has 0 saturated carbocycles. The number of nitrogens with two attached hydrogens (primary N) is 1. The number of nitrogen functional groups attached to an aromatic ring is 1. The van der Waals surface area contributed by atoms with Crippen molar-refractivity contribution >= 4 is 23.2 Å². The summed E-state index contributed by atoms with van der Waals surface area (Å²) in [5.41, 5.74) is 4.90. The van der Waals surface area contributed by atoms with Crippen LogP contribution in [-0.4, -0.2) is 18.1 Å². The number of methoxy groups -OCH3 is 1. The summed E-state index contributed by atoms with van der Waals surface area (Å²) in [7, 11) is 1.16. The van der Waals surface area contributed by atoms with Crippen LogP contribution in [-0.2, 0) is 4.74 Å². The Kier molecular flexibility index (Phi) is 3.97. The Morgan fingerprint density at radius 2 is 1.90 bits per heavy atom. The van der Waals surface area contributed by atoms with Gasteiger partial charge in [0.2, 0.25) is 0 Å². The van der Waals surface area contributed by atoms with Gasteiger partial charge in [0.05, 0.1) is 18.4 Å². The van der Waals surface area contributed by atoms with Crippen LogP contribution in [0.15, 0.2) is 24.4 Å². The molecular weight excluding hydrogens is 287 g/mol. The van der Waals surface area contributed by atoms with Crippen molar-refractivity contribution in [3.63, 3.8) is 0 Å². The fourth-order valence-electron chi connectivity index (χ4n) is 1.64. The number of carbonyl (C=O) groups is 1. The van der Waals surface area contributed by atoms with Crippen molar-refractivity contribution in [2.24, 2.45) is 0 Å². The first kappa shape index (κ1) is 14.6. The van der Waals surface area contributed by atoms with Gasteiger partial charge in [-0.15, -0.1) is 0 Å². The van der Waals surface area contributed by atoms with Crippen LogP contribution in [0.4, 0.5) is 30.4 Å². The molecule has 1 heterocycles. The van der Waals surface area contributed by atoms with Crippen LogP contribution < -0.4 is 11.1 Å². The predicted molar refractivity (Wildman–Crippen MR) is 69.6 cm³/mol. The van der Waals surface area contributed by atoms with Gasteiger partial charge in [0.15, 0.2) is 17.5 Å². The summed E-state index contributed by atoms with van der Waals surface area (Å²) in [6.07, 6.45) is 1.21. The molecule has 2 aromatic rings.